The molecule has 100 valence electrons. The van der Waals surface area contributed by atoms with Crippen LogP contribution in [0.3, 0.4) is 0 Å². The van der Waals surface area contributed by atoms with Crippen molar-refractivity contribution < 1.29 is 0 Å². The fourth-order valence-corrected chi connectivity index (χ4v) is 2.61. The minimum Gasteiger partial charge on any atom is -0.368 e. The number of hydrogen-bond acceptors (Lipinski definition) is 5. The molecule has 5 nitrogen and oxygen atoms in total. The summed E-state index contributed by atoms with van der Waals surface area (Å²) in [5.41, 5.74) is 8.29. The highest BCUT2D eigenvalue weighted by Crippen LogP contribution is 2.23. The van der Waals surface area contributed by atoms with Gasteiger partial charge in [-0.1, -0.05) is 54.2 Å². The summed E-state index contributed by atoms with van der Waals surface area (Å²) in [5.74, 6) is 1.05. The molecule has 0 amide bonds. The van der Waals surface area contributed by atoms with Crippen LogP contribution in [0.4, 0.5) is 5.95 Å². The molecule has 0 aliphatic carbocycles. The molecule has 0 aliphatic heterocycles. The highest BCUT2D eigenvalue weighted by molar-refractivity contribution is 7.99. The van der Waals surface area contributed by atoms with E-state index < -0.39 is 0 Å². The fourth-order valence-electron chi connectivity index (χ4n) is 1.80. The molecule has 2 heterocycles. The highest BCUT2D eigenvalue weighted by Gasteiger charge is 2.07. The topological polar surface area (TPSA) is 80.5 Å². The molecule has 0 unspecified atom stereocenters. The number of nitrogens with one attached hydrogen (secondary N) is 1. The zero-order chi connectivity index (χ0) is 13.8. The van der Waals surface area contributed by atoms with Gasteiger partial charge in [0, 0.05) is 5.75 Å². The van der Waals surface area contributed by atoms with Crippen molar-refractivity contribution in [3.05, 3.63) is 48.3 Å². The molecule has 3 rings (SSSR count). The van der Waals surface area contributed by atoms with Crippen LogP contribution in [0.5, 0.6) is 0 Å². The molecule has 0 spiro atoms. The third kappa shape index (κ3) is 2.80. The van der Waals surface area contributed by atoms with Crippen molar-refractivity contribution in [3.63, 3.8) is 0 Å². The molecule has 0 aliphatic rings. The van der Waals surface area contributed by atoms with Crippen LogP contribution >= 0.6 is 11.8 Å². The van der Waals surface area contributed by atoms with Crippen molar-refractivity contribution in [1.82, 2.24) is 19.9 Å². The van der Waals surface area contributed by atoms with Crippen molar-refractivity contribution in [2.45, 2.75) is 5.03 Å². The predicted octanol–water partition coefficient (Wildman–Crippen LogP) is 2.74. The smallest absolute Gasteiger partial charge is 0.223 e. The number of rotatable bonds is 4. The maximum atomic E-state index is 5.67. The lowest BCUT2D eigenvalue weighted by Crippen LogP contribution is -1.97. The van der Waals surface area contributed by atoms with E-state index in [0.29, 0.717) is 5.65 Å². The standard InChI is InChI=1S/C14H13N5S/c15-14-18-12-11(16-9-17-12)13(19-14)20-8-4-7-10-5-2-1-3-6-10/h1-7,9H,8H2,(H3,15,16,17,18,19)/b7-4+. The average molecular weight is 283 g/mol. The zero-order valence-corrected chi connectivity index (χ0v) is 11.5. The van der Waals surface area contributed by atoms with E-state index in [2.05, 4.69) is 44.2 Å². The first-order valence-electron chi connectivity index (χ1n) is 6.14. The molecule has 3 N–H and O–H groups in total. The minimum atomic E-state index is 0.249. The highest BCUT2D eigenvalue weighted by atomic mass is 32.2. The fraction of sp³-hybridized carbons (Fsp3) is 0.0714. The van der Waals surface area contributed by atoms with Crippen LogP contribution in [0.2, 0.25) is 0 Å². The van der Waals surface area contributed by atoms with Crippen LogP contribution < -0.4 is 5.73 Å². The molecule has 3 aromatic rings. The Balaban J connectivity index is 1.71. The second-order valence-corrected chi connectivity index (χ2v) is 5.12. The first kappa shape index (κ1) is 12.7. The molecule has 0 bridgehead atoms. The van der Waals surface area contributed by atoms with Crippen LogP contribution in [-0.2, 0) is 0 Å². The number of aromatic nitrogens is 4. The van der Waals surface area contributed by atoms with Gasteiger partial charge in [-0.15, -0.1) is 0 Å². The molecule has 0 saturated carbocycles. The number of nitrogens with zero attached hydrogens (tertiary/aromatic N) is 3. The molecular weight excluding hydrogens is 270 g/mol. The number of benzene rings is 1. The summed E-state index contributed by atoms with van der Waals surface area (Å²) in [4.78, 5) is 15.4. The van der Waals surface area contributed by atoms with Gasteiger partial charge in [0.05, 0.1) is 6.33 Å². The van der Waals surface area contributed by atoms with Crippen molar-refractivity contribution in [1.29, 1.82) is 0 Å². The Kier molecular flexibility index (Phi) is 3.64. The summed E-state index contributed by atoms with van der Waals surface area (Å²) in [6.07, 6.45) is 5.78. The van der Waals surface area contributed by atoms with Gasteiger partial charge in [0.2, 0.25) is 5.95 Å². The summed E-state index contributed by atoms with van der Waals surface area (Å²) in [7, 11) is 0. The average Bonchev–Trinajstić information content (AvgIpc) is 2.92. The van der Waals surface area contributed by atoms with Crippen LogP contribution in [-0.4, -0.2) is 25.7 Å². The van der Waals surface area contributed by atoms with Gasteiger partial charge in [-0.25, -0.2) is 9.97 Å². The van der Waals surface area contributed by atoms with Gasteiger partial charge in [0.15, 0.2) is 5.65 Å². The number of nitrogen functional groups attached to an aromatic ring is 1. The van der Waals surface area contributed by atoms with Crippen LogP contribution in [0.15, 0.2) is 47.8 Å². The van der Waals surface area contributed by atoms with Crippen molar-refractivity contribution in [3.8, 4) is 0 Å². The monoisotopic (exact) mass is 283 g/mol. The second kappa shape index (κ2) is 5.75. The van der Waals surface area contributed by atoms with E-state index in [1.165, 1.54) is 5.56 Å². The van der Waals surface area contributed by atoms with Gasteiger partial charge >= 0.3 is 0 Å². The summed E-state index contributed by atoms with van der Waals surface area (Å²) in [6, 6.07) is 10.2. The Labute approximate surface area is 120 Å². The molecule has 0 radical (unpaired) electrons. The van der Waals surface area contributed by atoms with E-state index >= 15 is 0 Å². The Morgan fingerprint density at radius 2 is 2.05 bits per heavy atom. The summed E-state index contributed by atoms with van der Waals surface area (Å²) >= 11 is 1.60. The normalized spacial score (nSPS) is 11.4. The van der Waals surface area contributed by atoms with E-state index in [0.717, 1.165) is 16.3 Å². The van der Waals surface area contributed by atoms with E-state index in [1.54, 1.807) is 18.1 Å². The molecule has 2 aromatic heterocycles. The van der Waals surface area contributed by atoms with Gasteiger partial charge in [-0.2, -0.15) is 4.98 Å². The number of anilines is 1. The number of nitrogens with two attached hydrogens (primary N) is 1. The van der Waals surface area contributed by atoms with Crippen LogP contribution in [0.25, 0.3) is 17.2 Å². The van der Waals surface area contributed by atoms with Gasteiger partial charge in [-0.05, 0) is 5.56 Å². The lowest BCUT2D eigenvalue weighted by molar-refractivity contribution is 1.10. The van der Waals surface area contributed by atoms with E-state index in [4.69, 9.17) is 5.73 Å². The maximum absolute atomic E-state index is 5.67. The minimum absolute atomic E-state index is 0.249. The zero-order valence-electron chi connectivity index (χ0n) is 10.7. The first-order valence-corrected chi connectivity index (χ1v) is 7.12. The molecule has 6 heteroatoms. The van der Waals surface area contributed by atoms with Crippen molar-refractivity contribution in [2.24, 2.45) is 0 Å². The van der Waals surface area contributed by atoms with Gasteiger partial charge in [0.1, 0.15) is 10.5 Å². The first-order chi connectivity index (χ1) is 9.83. The van der Waals surface area contributed by atoms with Crippen molar-refractivity contribution >= 4 is 35.0 Å². The Morgan fingerprint density at radius 1 is 1.20 bits per heavy atom. The second-order valence-electron chi connectivity index (χ2n) is 4.11. The molecular formula is C14H13N5S. The number of imidazole rings is 1. The quantitative estimate of drug-likeness (QED) is 0.568. The summed E-state index contributed by atoms with van der Waals surface area (Å²) < 4.78 is 0. The van der Waals surface area contributed by atoms with Gasteiger partial charge in [0.25, 0.3) is 0 Å². The lowest BCUT2D eigenvalue weighted by Gasteiger charge is -2.00. The molecule has 20 heavy (non-hydrogen) atoms. The number of aromatic amines is 1. The lowest BCUT2D eigenvalue weighted by atomic mass is 10.2. The Morgan fingerprint density at radius 3 is 2.90 bits per heavy atom. The SMILES string of the molecule is Nc1nc(SC/C=C/c2ccccc2)c2[nH]cnc2n1. The van der Waals surface area contributed by atoms with Crippen LogP contribution in [0.1, 0.15) is 5.56 Å². The molecule has 0 atom stereocenters. The largest absolute Gasteiger partial charge is 0.368 e. The van der Waals surface area contributed by atoms with Crippen LogP contribution in [0, 0.1) is 0 Å². The molecule has 0 fully saturated rings. The Hall–Kier alpha value is -2.34. The van der Waals surface area contributed by atoms with E-state index in [-0.39, 0.29) is 5.95 Å². The van der Waals surface area contributed by atoms with E-state index in [1.807, 2.05) is 18.2 Å². The number of hydrogen-bond donors (Lipinski definition) is 2. The number of fused-ring (bicyclic) bond motifs is 1. The van der Waals surface area contributed by atoms with Crippen molar-refractivity contribution in [2.75, 3.05) is 11.5 Å². The third-order valence-electron chi connectivity index (χ3n) is 2.70. The third-order valence-corrected chi connectivity index (χ3v) is 3.62. The number of thioether (sulfide) groups is 1. The summed E-state index contributed by atoms with van der Waals surface area (Å²) in [6.45, 7) is 0. The van der Waals surface area contributed by atoms with E-state index in [9.17, 15) is 0 Å². The van der Waals surface area contributed by atoms with Gasteiger partial charge in [-0.3, -0.25) is 0 Å². The maximum Gasteiger partial charge on any atom is 0.223 e. The Bertz CT molecular complexity index is 736. The summed E-state index contributed by atoms with van der Waals surface area (Å²) in [5, 5.41) is 0.822. The predicted molar refractivity (Wildman–Crippen MR) is 82.3 cm³/mol. The van der Waals surface area contributed by atoms with Gasteiger partial charge < -0.3 is 10.7 Å². The number of H-pyrrole nitrogens is 1. The molecule has 0 saturated heterocycles. The molecule has 1 aromatic carbocycles.